The molecule has 0 aliphatic rings. The smallest absolute Gasteiger partial charge is 0.862 e. The van der Waals surface area contributed by atoms with Gasteiger partial charge >= 0.3 is 35.5 Å². The van der Waals surface area contributed by atoms with Crippen LogP contribution in [0.1, 0.15) is 46.5 Å². The molecule has 0 aliphatic heterocycles. The Hall–Kier alpha value is -0.400. The molecule has 0 rings (SSSR count). The van der Waals surface area contributed by atoms with E-state index in [2.05, 4.69) is 11.9 Å². The molecule has 2 atom stereocenters. The first-order chi connectivity index (χ1) is 10.4. The van der Waals surface area contributed by atoms with E-state index in [0.29, 0.717) is 6.54 Å². The summed E-state index contributed by atoms with van der Waals surface area (Å²) in [5.41, 5.74) is 0. The average molecular weight is 336 g/mol. The Morgan fingerprint density at radius 2 is 2.00 bits per heavy atom. The number of unbranched alkanes of at least 4 members (excludes halogenated alkanes) is 2. The molecule has 0 fully saturated rings. The van der Waals surface area contributed by atoms with Gasteiger partial charge in [-0.15, -0.1) is 0 Å². The van der Waals surface area contributed by atoms with Crippen LogP contribution in [-0.4, -0.2) is 58.8 Å². The Balaban J connectivity index is 0. The third-order valence-electron chi connectivity index (χ3n) is 3.26. The molecular formula is C16H29N2NaO4. The van der Waals surface area contributed by atoms with Crippen LogP contribution in [0.3, 0.4) is 0 Å². The average Bonchev–Trinajstić information content (AvgIpc) is 2.44. The second kappa shape index (κ2) is 15.1. The zero-order chi connectivity index (χ0) is 17.0. The summed E-state index contributed by atoms with van der Waals surface area (Å²) in [6, 6.07) is -0.714. The first-order valence-corrected chi connectivity index (χ1v) is 7.88. The van der Waals surface area contributed by atoms with Gasteiger partial charge in [-0.05, 0) is 32.6 Å². The van der Waals surface area contributed by atoms with Crippen LogP contribution < -0.4 is 34.7 Å². The molecule has 7 heteroatoms. The molecule has 0 saturated carbocycles. The zero-order valence-electron chi connectivity index (χ0n) is 14.9. The van der Waals surface area contributed by atoms with Crippen LogP contribution in [0.25, 0.3) is 0 Å². The number of aliphatic carboxylic acids is 1. The van der Waals surface area contributed by atoms with E-state index < -0.39 is 18.1 Å². The van der Waals surface area contributed by atoms with E-state index in [4.69, 9.17) is 5.11 Å². The van der Waals surface area contributed by atoms with Gasteiger partial charge in [0.15, 0.2) is 0 Å². The number of nitrogens with zero attached hydrogens (tertiary/aromatic N) is 2. The van der Waals surface area contributed by atoms with Crippen molar-refractivity contribution in [3.8, 4) is 0 Å². The van der Waals surface area contributed by atoms with E-state index in [1.165, 1.54) is 0 Å². The van der Waals surface area contributed by atoms with Crippen molar-refractivity contribution in [2.75, 3.05) is 19.6 Å². The molecule has 2 unspecified atom stereocenters. The van der Waals surface area contributed by atoms with Crippen molar-refractivity contribution >= 4 is 11.9 Å². The third-order valence-corrected chi connectivity index (χ3v) is 3.26. The van der Waals surface area contributed by atoms with Crippen LogP contribution in [-0.2, 0) is 4.79 Å². The fourth-order valence-electron chi connectivity index (χ4n) is 1.93. The van der Waals surface area contributed by atoms with Crippen LogP contribution in [0, 0.1) is 0 Å². The van der Waals surface area contributed by atoms with E-state index >= 15 is 0 Å². The molecule has 128 valence electrons. The maximum Gasteiger partial charge on any atom is 1.00 e. The van der Waals surface area contributed by atoms with Gasteiger partial charge in [0.1, 0.15) is 6.04 Å². The molecular weight excluding hydrogens is 307 g/mol. The molecule has 0 aromatic carbocycles. The largest absolute Gasteiger partial charge is 1.00 e. The SMILES string of the molecule is CCCC/C=C/CC([O-])=NCCN(CC(C)O)C(C)C(=O)O.[Na+]. The van der Waals surface area contributed by atoms with Gasteiger partial charge in [-0.25, -0.2) is 0 Å². The Morgan fingerprint density at radius 3 is 2.52 bits per heavy atom. The van der Waals surface area contributed by atoms with Gasteiger partial charge in [-0.1, -0.05) is 31.9 Å². The van der Waals surface area contributed by atoms with Crippen molar-refractivity contribution in [1.29, 1.82) is 0 Å². The number of hydrogen-bond donors (Lipinski definition) is 2. The molecule has 0 heterocycles. The summed E-state index contributed by atoms with van der Waals surface area (Å²) >= 11 is 0. The number of rotatable bonds is 12. The van der Waals surface area contributed by atoms with Crippen LogP contribution in [0.4, 0.5) is 0 Å². The summed E-state index contributed by atoms with van der Waals surface area (Å²) in [7, 11) is 0. The first-order valence-electron chi connectivity index (χ1n) is 7.88. The minimum Gasteiger partial charge on any atom is -0.862 e. The predicted octanol–water partition coefficient (Wildman–Crippen LogP) is -1.96. The monoisotopic (exact) mass is 336 g/mol. The molecule has 0 bridgehead atoms. The molecule has 0 aliphatic carbocycles. The number of carboxylic acids is 1. The first kappa shape index (κ1) is 24.8. The summed E-state index contributed by atoms with van der Waals surface area (Å²) < 4.78 is 0. The van der Waals surface area contributed by atoms with Crippen molar-refractivity contribution in [2.45, 2.75) is 58.6 Å². The third kappa shape index (κ3) is 13.7. The molecule has 0 amide bonds. The van der Waals surface area contributed by atoms with Crippen LogP contribution >= 0.6 is 0 Å². The minimum absolute atomic E-state index is 0. The maximum atomic E-state index is 11.6. The van der Waals surface area contributed by atoms with E-state index in [0.717, 1.165) is 19.3 Å². The quantitative estimate of drug-likeness (QED) is 0.142. The predicted molar refractivity (Wildman–Crippen MR) is 85.9 cm³/mol. The summed E-state index contributed by atoms with van der Waals surface area (Å²) in [5, 5.41) is 30.0. The van der Waals surface area contributed by atoms with Crippen molar-refractivity contribution in [1.82, 2.24) is 4.90 Å². The van der Waals surface area contributed by atoms with Crippen LogP contribution in [0.15, 0.2) is 17.1 Å². The zero-order valence-corrected chi connectivity index (χ0v) is 16.9. The van der Waals surface area contributed by atoms with Gasteiger partial charge in [-0.3, -0.25) is 9.69 Å². The van der Waals surface area contributed by atoms with E-state index in [1.807, 2.05) is 12.2 Å². The number of aliphatic imine (C=N–C) groups is 1. The Kier molecular flexibility index (Phi) is 16.4. The molecule has 0 aromatic rings. The normalized spacial score (nSPS) is 14.7. The summed E-state index contributed by atoms with van der Waals surface area (Å²) in [6.45, 7) is 6.10. The van der Waals surface area contributed by atoms with Gasteiger partial charge in [-0.2, -0.15) is 0 Å². The van der Waals surface area contributed by atoms with Gasteiger partial charge in [0.05, 0.1) is 12.6 Å². The number of hydrogen-bond acceptors (Lipinski definition) is 5. The van der Waals surface area contributed by atoms with Crippen LogP contribution in [0.5, 0.6) is 0 Å². The molecule has 2 N–H and O–H groups in total. The van der Waals surface area contributed by atoms with Crippen molar-refractivity contribution < 1.29 is 49.7 Å². The molecule has 0 saturated heterocycles. The van der Waals surface area contributed by atoms with Gasteiger partial charge < -0.3 is 20.3 Å². The second-order valence-corrected chi connectivity index (χ2v) is 5.45. The van der Waals surface area contributed by atoms with Gasteiger partial charge in [0.2, 0.25) is 0 Å². The minimum atomic E-state index is -0.953. The number of aliphatic hydroxyl groups excluding tert-OH is 1. The fraction of sp³-hybridized carbons (Fsp3) is 0.750. The topological polar surface area (TPSA) is 96.2 Å². The maximum absolute atomic E-state index is 11.6. The summed E-state index contributed by atoms with van der Waals surface area (Å²) in [4.78, 5) is 16.6. The summed E-state index contributed by atoms with van der Waals surface area (Å²) in [5.74, 6) is -1.15. The fourth-order valence-corrected chi connectivity index (χ4v) is 1.93. The van der Waals surface area contributed by atoms with Gasteiger partial charge in [0.25, 0.3) is 0 Å². The Bertz CT molecular complexity index is 373. The Labute approximate surface area is 161 Å². The number of allylic oxidation sites excluding steroid dienone is 1. The molecule has 0 aromatic heterocycles. The number of carbonyl (C=O) groups is 1. The molecule has 0 spiro atoms. The standard InChI is InChI=1S/C16H30N2O4.Na/c1-4-5-6-7-8-9-15(20)17-10-11-18(12-13(2)19)14(3)16(21)22;/h7-8,13-14,19H,4-6,9-12H2,1-3H3,(H,17,20)(H,21,22);/q;+1/p-1/b8-7+;. The molecule has 23 heavy (non-hydrogen) atoms. The van der Waals surface area contributed by atoms with E-state index in [9.17, 15) is 15.0 Å². The Morgan fingerprint density at radius 1 is 1.35 bits per heavy atom. The summed E-state index contributed by atoms with van der Waals surface area (Å²) in [6.07, 6.45) is 6.70. The molecule has 0 radical (unpaired) electrons. The van der Waals surface area contributed by atoms with E-state index in [-0.39, 0.29) is 55.0 Å². The van der Waals surface area contributed by atoms with Crippen LogP contribution in [0.2, 0.25) is 0 Å². The van der Waals surface area contributed by atoms with Crippen molar-refractivity contribution in [2.24, 2.45) is 4.99 Å². The molecule has 6 nitrogen and oxygen atoms in total. The number of carboxylic acid groups (broad SMARTS) is 1. The van der Waals surface area contributed by atoms with Gasteiger partial charge in [0, 0.05) is 13.1 Å². The second-order valence-electron chi connectivity index (χ2n) is 5.45. The van der Waals surface area contributed by atoms with E-state index in [1.54, 1.807) is 18.7 Å². The van der Waals surface area contributed by atoms with Crippen molar-refractivity contribution in [3.63, 3.8) is 0 Å². The van der Waals surface area contributed by atoms with Crippen molar-refractivity contribution in [3.05, 3.63) is 12.2 Å². The number of aliphatic hydroxyl groups is 1.